The lowest BCUT2D eigenvalue weighted by Crippen LogP contribution is -2.29. The number of rotatable bonds is 2. The van der Waals surface area contributed by atoms with Crippen molar-refractivity contribution >= 4 is 50.8 Å². The van der Waals surface area contributed by atoms with Crippen molar-refractivity contribution in [3.05, 3.63) is 52.8 Å². The first-order valence-electron chi connectivity index (χ1n) is 8.20. The molecule has 1 fully saturated rings. The Morgan fingerprint density at radius 3 is 2.58 bits per heavy atom. The van der Waals surface area contributed by atoms with Crippen LogP contribution in [0.3, 0.4) is 0 Å². The lowest BCUT2D eigenvalue weighted by atomic mass is 9.99. The summed E-state index contributed by atoms with van der Waals surface area (Å²) >= 11 is 5.00. The van der Waals surface area contributed by atoms with E-state index in [0.29, 0.717) is 5.57 Å². The van der Waals surface area contributed by atoms with Crippen LogP contribution < -0.4 is 0 Å². The predicted molar refractivity (Wildman–Crippen MR) is 103 cm³/mol. The molecular weight excluding hydrogens is 350 g/mol. The molecule has 0 unspecified atom stereocenters. The van der Waals surface area contributed by atoms with E-state index in [-0.39, 0.29) is 10.9 Å². The summed E-state index contributed by atoms with van der Waals surface area (Å²) in [4.78, 5) is 13.4. The van der Waals surface area contributed by atoms with Crippen LogP contribution in [-0.2, 0) is 9.53 Å². The molecule has 0 bridgehead atoms. The standard InChI is InChI=1S/C20H17NO4S/c1-10-5-4-6-14-15-8-13(7-11(2)17(15)24-16(10)14)12(3)18-19(23)21(9-22)20(26)25-18/h4-8,22H,9H2,1-3H3. The van der Waals surface area contributed by atoms with Crippen molar-refractivity contribution < 1.29 is 19.1 Å². The number of furan rings is 1. The van der Waals surface area contributed by atoms with Crippen molar-refractivity contribution in [2.24, 2.45) is 0 Å². The maximum Gasteiger partial charge on any atom is 0.299 e. The van der Waals surface area contributed by atoms with Gasteiger partial charge in [0.2, 0.25) is 0 Å². The number of aryl methyl sites for hydroxylation is 2. The van der Waals surface area contributed by atoms with Crippen LogP contribution in [0.25, 0.3) is 27.5 Å². The predicted octanol–water partition coefficient (Wildman–Crippen LogP) is 4.03. The molecule has 0 atom stereocenters. The third-order valence-corrected chi connectivity index (χ3v) is 5.05. The van der Waals surface area contributed by atoms with Gasteiger partial charge in [0.05, 0.1) is 0 Å². The first-order valence-corrected chi connectivity index (χ1v) is 8.61. The lowest BCUT2D eigenvalue weighted by molar-refractivity contribution is -0.125. The van der Waals surface area contributed by atoms with Crippen LogP contribution in [0, 0.1) is 13.8 Å². The summed E-state index contributed by atoms with van der Waals surface area (Å²) < 4.78 is 11.5. The Labute approximate surface area is 155 Å². The topological polar surface area (TPSA) is 62.9 Å². The Balaban J connectivity index is 1.94. The van der Waals surface area contributed by atoms with Crippen LogP contribution in [-0.4, -0.2) is 27.8 Å². The number of carbonyl (C=O) groups excluding carboxylic acids is 1. The minimum Gasteiger partial charge on any atom is -0.456 e. The molecule has 4 rings (SSSR count). The van der Waals surface area contributed by atoms with E-state index in [9.17, 15) is 9.90 Å². The van der Waals surface area contributed by atoms with Gasteiger partial charge in [-0.05, 0) is 61.8 Å². The number of allylic oxidation sites excluding steroid dienone is 1. The van der Waals surface area contributed by atoms with Gasteiger partial charge < -0.3 is 14.3 Å². The number of nitrogens with zero attached hydrogens (tertiary/aromatic N) is 1. The van der Waals surface area contributed by atoms with Gasteiger partial charge in [-0.1, -0.05) is 18.2 Å². The van der Waals surface area contributed by atoms with E-state index in [1.165, 1.54) is 0 Å². The molecule has 1 N–H and O–H groups in total. The summed E-state index contributed by atoms with van der Waals surface area (Å²) in [6.07, 6.45) is 0. The highest BCUT2D eigenvalue weighted by molar-refractivity contribution is 7.80. The highest BCUT2D eigenvalue weighted by Gasteiger charge is 2.34. The van der Waals surface area contributed by atoms with Crippen LogP contribution in [0.1, 0.15) is 23.6 Å². The minimum atomic E-state index is -0.502. The molecule has 0 aliphatic carbocycles. The summed E-state index contributed by atoms with van der Waals surface area (Å²) in [5.74, 6) is -0.285. The normalized spacial score (nSPS) is 16.7. The summed E-state index contributed by atoms with van der Waals surface area (Å²) in [7, 11) is 0. The third kappa shape index (κ3) is 2.34. The van der Waals surface area contributed by atoms with Gasteiger partial charge in [-0.3, -0.25) is 4.79 Å². The van der Waals surface area contributed by atoms with Gasteiger partial charge in [-0.25, -0.2) is 4.90 Å². The molecule has 1 aliphatic rings. The average molecular weight is 367 g/mol. The summed E-state index contributed by atoms with van der Waals surface area (Å²) in [5.41, 5.74) is 5.27. The second kappa shape index (κ2) is 5.93. The first kappa shape index (κ1) is 16.8. The number of aliphatic hydroxyl groups excluding tert-OH is 1. The number of carbonyl (C=O) groups is 1. The number of hydrogen-bond acceptors (Lipinski definition) is 5. The van der Waals surface area contributed by atoms with Crippen molar-refractivity contribution in [3.63, 3.8) is 0 Å². The van der Waals surface area contributed by atoms with Crippen molar-refractivity contribution in [1.29, 1.82) is 0 Å². The molecule has 0 saturated carbocycles. The van der Waals surface area contributed by atoms with Crippen LogP contribution in [0.5, 0.6) is 0 Å². The SMILES string of the molecule is CC(=C1OC(=S)N(CO)C1=O)c1cc(C)c2oc3c(C)cccc3c2c1. The van der Waals surface area contributed by atoms with E-state index in [1.54, 1.807) is 0 Å². The van der Waals surface area contributed by atoms with Gasteiger partial charge in [0.25, 0.3) is 11.1 Å². The minimum absolute atomic E-state index is 0.0333. The molecular formula is C20H17NO4S. The first-order chi connectivity index (χ1) is 12.4. The number of hydrogen-bond donors (Lipinski definition) is 1. The number of aliphatic hydroxyl groups is 1. The molecule has 0 radical (unpaired) electrons. The Morgan fingerprint density at radius 1 is 1.15 bits per heavy atom. The van der Waals surface area contributed by atoms with Gasteiger partial charge in [-0.15, -0.1) is 0 Å². The fraction of sp³-hybridized carbons (Fsp3) is 0.200. The monoisotopic (exact) mass is 367 g/mol. The van der Waals surface area contributed by atoms with E-state index in [4.69, 9.17) is 21.4 Å². The highest BCUT2D eigenvalue weighted by Crippen LogP contribution is 2.36. The fourth-order valence-electron chi connectivity index (χ4n) is 3.31. The van der Waals surface area contributed by atoms with Crippen LogP contribution in [0.4, 0.5) is 0 Å². The smallest absolute Gasteiger partial charge is 0.299 e. The van der Waals surface area contributed by atoms with Gasteiger partial charge >= 0.3 is 0 Å². The molecule has 1 aliphatic heterocycles. The number of fused-ring (bicyclic) bond motifs is 3. The maximum absolute atomic E-state index is 12.4. The second-order valence-corrected chi connectivity index (χ2v) is 6.77. The molecule has 1 saturated heterocycles. The molecule has 5 nitrogen and oxygen atoms in total. The van der Waals surface area contributed by atoms with Crippen molar-refractivity contribution in [2.45, 2.75) is 20.8 Å². The van der Waals surface area contributed by atoms with E-state index in [0.717, 1.165) is 43.5 Å². The number of thiocarbonyl (C=S) groups is 1. The van der Waals surface area contributed by atoms with Crippen molar-refractivity contribution in [3.8, 4) is 0 Å². The summed E-state index contributed by atoms with van der Waals surface area (Å²) in [6, 6.07) is 10.0. The highest BCUT2D eigenvalue weighted by atomic mass is 32.1. The van der Waals surface area contributed by atoms with E-state index < -0.39 is 12.6 Å². The van der Waals surface area contributed by atoms with Crippen molar-refractivity contribution in [2.75, 3.05) is 6.73 Å². The maximum atomic E-state index is 12.4. The van der Waals surface area contributed by atoms with Crippen LogP contribution >= 0.6 is 12.2 Å². The number of benzene rings is 2. The molecule has 3 aromatic rings. The van der Waals surface area contributed by atoms with Crippen LogP contribution in [0.2, 0.25) is 0 Å². The zero-order valence-electron chi connectivity index (χ0n) is 14.6. The molecule has 1 aromatic heterocycles. The molecule has 132 valence electrons. The second-order valence-electron chi connectivity index (χ2n) is 6.42. The van der Waals surface area contributed by atoms with Crippen molar-refractivity contribution in [1.82, 2.24) is 4.90 Å². The van der Waals surface area contributed by atoms with E-state index >= 15 is 0 Å². The lowest BCUT2D eigenvalue weighted by Gasteiger charge is -2.07. The van der Waals surface area contributed by atoms with Gasteiger partial charge in [0.1, 0.15) is 17.9 Å². The average Bonchev–Trinajstić information content (AvgIpc) is 3.13. The molecule has 6 heteroatoms. The summed E-state index contributed by atoms with van der Waals surface area (Å²) in [6.45, 7) is 5.30. The molecule has 0 spiro atoms. The Kier molecular flexibility index (Phi) is 3.82. The largest absolute Gasteiger partial charge is 0.456 e. The summed E-state index contributed by atoms with van der Waals surface area (Å²) in [5, 5.41) is 11.3. The third-order valence-electron chi connectivity index (χ3n) is 4.75. The van der Waals surface area contributed by atoms with Gasteiger partial charge in [0.15, 0.2) is 5.76 Å². The zero-order chi connectivity index (χ0) is 18.6. The van der Waals surface area contributed by atoms with Gasteiger partial charge in [0, 0.05) is 16.3 Å². The van der Waals surface area contributed by atoms with Gasteiger partial charge in [-0.2, -0.15) is 0 Å². The molecule has 26 heavy (non-hydrogen) atoms. The molecule has 1 amide bonds. The zero-order valence-corrected chi connectivity index (χ0v) is 15.4. The van der Waals surface area contributed by atoms with E-state index in [1.807, 2.05) is 51.1 Å². The quantitative estimate of drug-likeness (QED) is 0.547. The molecule has 2 heterocycles. The Hall–Kier alpha value is -2.70. The fourth-order valence-corrected chi connectivity index (χ4v) is 3.53. The van der Waals surface area contributed by atoms with E-state index in [2.05, 4.69) is 0 Å². The van der Waals surface area contributed by atoms with Crippen LogP contribution in [0.15, 0.2) is 40.5 Å². The Bertz CT molecular complexity index is 1130. The Morgan fingerprint density at radius 2 is 1.88 bits per heavy atom. The number of para-hydroxylation sites is 1. The number of ether oxygens (including phenoxy) is 1. The number of amides is 1. The molecule has 2 aromatic carbocycles.